The molecule has 2 atom stereocenters. The van der Waals surface area contributed by atoms with E-state index in [1.54, 1.807) is 26.1 Å². The number of halogens is 1. The molecular weight excluding hydrogens is 954 g/mol. The minimum Gasteiger partial charge on any atom is -0.478 e. The molecule has 3 aromatic heterocycles. The number of aliphatic hydroxyl groups is 1. The molecule has 4 N–H and O–H groups in total. The minimum absolute atomic E-state index is 0.0176. The van der Waals surface area contributed by atoms with E-state index in [1.165, 1.54) is 30.4 Å². The Morgan fingerprint density at radius 1 is 1.08 bits per heavy atom. The number of aromatic nitrogens is 3. The monoisotopic (exact) mass is 1020 g/mol. The van der Waals surface area contributed by atoms with Crippen molar-refractivity contribution in [2.45, 2.75) is 101 Å². The first-order valence-electron chi connectivity index (χ1n) is 24.2. The summed E-state index contributed by atoms with van der Waals surface area (Å²) in [4.78, 5) is 40.9. The molecule has 0 bridgehead atoms. The Morgan fingerprint density at radius 2 is 1.82 bits per heavy atom. The average Bonchev–Trinajstić information content (AvgIpc) is 3.70. The van der Waals surface area contributed by atoms with Gasteiger partial charge in [-0.25, -0.2) is 31.1 Å². The molecule has 2 saturated carbocycles. The molecule has 5 aromatic rings. The third-order valence-electron chi connectivity index (χ3n) is 15.3. The SMILES string of the molecule is CN=S1(=O)CCN(C2CC3(CCN(c4ccc(C(=O)NS(=O)(=O)c5cnc(NCC6CCC(C)(O)CC6)c([N+](=O)[O-])c5)c(Oc5cc6c(F)c[nH]c6nc5OC)c4)CC3)C2)[C@H](c2ccccc2C(C)C)C1. The molecule has 2 aliphatic carbocycles. The van der Waals surface area contributed by atoms with E-state index in [1.807, 2.05) is 4.72 Å². The van der Waals surface area contributed by atoms with Gasteiger partial charge in [0, 0.05) is 90.9 Å². The van der Waals surface area contributed by atoms with Gasteiger partial charge < -0.3 is 29.8 Å². The van der Waals surface area contributed by atoms with E-state index >= 15 is 0 Å². The number of nitro groups is 1. The van der Waals surface area contributed by atoms with Gasteiger partial charge in [0.05, 0.1) is 40.5 Å². The summed E-state index contributed by atoms with van der Waals surface area (Å²) in [6, 6.07) is 15.9. The maximum absolute atomic E-state index is 14.9. The summed E-state index contributed by atoms with van der Waals surface area (Å²) >= 11 is 0. The van der Waals surface area contributed by atoms with Crippen LogP contribution in [0.3, 0.4) is 0 Å². The van der Waals surface area contributed by atoms with Crippen LogP contribution in [0.5, 0.6) is 17.4 Å². The summed E-state index contributed by atoms with van der Waals surface area (Å²) in [5, 5.41) is 25.6. The second kappa shape index (κ2) is 19.6. The van der Waals surface area contributed by atoms with Gasteiger partial charge in [0.15, 0.2) is 5.75 Å². The number of pyridine rings is 2. The quantitative estimate of drug-likeness (QED) is 0.0605. The summed E-state index contributed by atoms with van der Waals surface area (Å²) in [5.74, 6) is -0.439. The van der Waals surface area contributed by atoms with Gasteiger partial charge in [0.1, 0.15) is 22.1 Å². The van der Waals surface area contributed by atoms with E-state index in [0.717, 1.165) is 50.7 Å². The van der Waals surface area contributed by atoms with Gasteiger partial charge in [-0.1, -0.05) is 38.1 Å². The van der Waals surface area contributed by atoms with Crippen molar-refractivity contribution in [1.82, 2.24) is 24.6 Å². The summed E-state index contributed by atoms with van der Waals surface area (Å²) in [5.41, 5.74) is 1.98. The fraction of sp³-hybridized carbons (Fsp3) is 0.500. The fourth-order valence-corrected chi connectivity index (χ4v) is 13.8. The van der Waals surface area contributed by atoms with Gasteiger partial charge in [-0.3, -0.25) is 19.8 Å². The molecule has 2 aromatic carbocycles. The van der Waals surface area contributed by atoms with Crippen LogP contribution < -0.4 is 24.4 Å². The van der Waals surface area contributed by atoms with Crippen LogP contribution in [0.15, 0.2) is 76.2 Å². The second-order valence-electron chi connectivity index (χ2n) is 20.3. The summed E-state index contributed by atoms with van der Waals surface area (Å²) in [6.07, 6.45) is 8.51. The zero-order valence-electron chi connectivity index (χ0n) is 40.7. The smallest absolute Gasteiger partial charge is 0.312 e. The molecule has 1 spiro atoms. The molecule has 2 saturated heterocycles. The van der Waals surface area contributed by atoms with Crippen molar-refractivity contribution in [2.24, 2.45) is 15.7 Å². The first-order valence-corrected chi connectivity index (χ1v) is 27.5. The van der Waals surface area contributed by atoms with Crippen molar-refractivity contribution in [3.63, 3.8) is 0 Å². The molecule has 9 rings (SSSR count). The minimum atomic E-state index is -4.75. The Kier molecular flexibility index (Phi) is 13.8. The lowest BCUT2D eigenvalue weighted by atomic mass is 9.59. The number of carbonyl (C=O) groups excluding carboxylic acids is 1. The van der Waals surface area contributed by atoms with E-state index in [9.17, 15) is 37.0 Å². The molecule has 4 fully saturated rings. The van der Waals surface area contributed by atoms with E-state index in [4.69, 9.17) is 9.47 Å². The number of hydrogen-bond donors (Lipinski definition) is 4. The maximum atomic E-state index is 14.9. The Hall–Kier alpha value is -5.90. The summed E-state index contributed by atoms with van der Waals surface area (Å²) in [7, 11) is -4.03. The van der Waals surface area contributed by atoms with Crippen molar-refractivity contribution in [3.05, 3.63) is 99.6 Å². The molecule has 71 heavy (non-hydrogen) atoms. The third-order valence-corrected chi connectivity index (χ3v) is 18.9. The second-order valence-corrected chi connectivity index (χ2v) is 24.6. The Balaban J connectivity index is 0.935. The van der Waals surface area contributed by atoms with Crippen LogP contribution >= 0.6 is 0 Å². The standard InChI is InChI=1S/C50H62FN9O9S2/c1-31(2)36-8-6-7-9-37(36)42-30-70(65,52-4)21-20-59(42)34-25-50(26-34)16-18-58(19-17-50)33-10-11-38(43(22-33)69-44-24-39-40(51)29-55-45(39)56-48(44)68-5)47(61)57-71(66,67)35-23-41(60(63)64)46(54-28-35)53-27-32-12-14-49(3,62)15-13-32/h6-11,22-24,28-29,31-32,34,42,62H,12-21,25-27,30H2,1-5H3,(H,53,54)(H,55,56)(H,57,61)/t32?,42-,49?,70?/m0/s1. The van der Waals surface area contributed by atoms with Crippen LogP contribution in [0, 0.1) is 27.3 Å². The molecule has 18 nitrogen and oxygen atoms in total. The number of H-pyrrole nitrogens is 1. The molecule has 2 aliphatic heterocycles. The number of ether oxygens (including phenoxy) is 2. The molecule has 21 heteroatoms. The molecule has 0 radical (unpaired) electrons. The predicted octanol–water partition coefficient (Wildman–Crippen LogP) is 8.31. The zero-order chi connectivity index (χ0) is 50.5. The molecule has 4 aliphatic rings. The van der Waals surface area contributed by atoms with E-state index in [2.05, 4.69) is 72.5 Å². The molecule has 1 unspecified atom stereocenters. The number of rotatable bonds is 14. The number of piperidine rings is 1. The van der Waals surface area contributed by atoms with Crippen LogP contribution in [-0.4, -0.2) is 112 Å². The first-order chi connectivity index (χ1) is 33.8. The highest BCUT2D eigenvalue weighted by atomic mass is 32.2. The lowest BCUT2D eigenvalue weighted by molar-refractivity contribution is -0.384. The normalized spacial score (nSPS) is 23.9. The summed E-state index contributed by atoms with van der Waals surface area (Å²) < 4.78 is 74.5. The van der Waals surface area contributed by atoms with Crippen molar-refractivity contribution in [1.29, 1.82) is 0 Å². The van der Waals surface area contributed by atoms with Gasteiger partial charge in [0.25, 0.3) is 21.8 Å². The molecule has 380 valence electrons. The predicted molar refractivity (Wildman–Crippen MR) is 269 cm³/mol. The molecular formula is C50H62FN9O9S2. The van der Waals surface area contributed by atoms with Crippen molar-refractivity contribution in [3.8, 4) is 17.4 Å². The number of amides is 1. The van der Waals surface area contributed by atoms with Gasteiger partial charge in [0.2, 0.25) is 5.82 Å². The third kappa shape index (κ3) is 10.4. The number of fused-ring (bicyclic) bond motifs is 1. The average molecular weight is 1020 g/mol. The Bertz CT molecular complexity index is 3080. The molecule has 1 amide bonds. The van der Waals surface area contributed by atoms with Crippen LogP contribution in [0.1, 0.15) is 106 Å². The van der Waals surface area contributed by atoms with Crippen LogP contribution in [0.2, 0.25) is 0 Å². The number of anilines is 2. The van der Waals surface area contributed by atoms with Crippen molar-refractivity contribution in [2.75, 3.05) is 62.1 Å². The topological polar surface area (TPSA) is 235 Å². The number of aromatic amines is 1. The number of carbonyl (C=O) groups is 1. The zero-order valence-corrected chi connectivity index (χ0v) is 42.3. The lowest BCUT2D eigenvalue weighted by Crippen LogP contribution is -2.58. The van der Waals surface area contributed by atoms with Crippen LogP contribution in [-0.2, 0) is 19.8 Å². The van der Waals surface area contributed by atoms with Crippen molar-refractivity contribution < 1.29 is 41.3 Å². The number of benzene rings is 2. The molecule has 5 heterocycles. The largest absolute Gasteiger partial charge is 0.478 e. The number of nitrogens with one attached hydrogen (secondary N) is 3. The first kappa shape index (κ1) is 50.1. The van der Waals surface area contributed by atoms with Gasteiger partial charge >= 0.3 is 5.69 Å². The van der Waals surface area contributed by atoms with Gasteiger partial charge in [-0.2, -0.15) is 4.98 Å². The van der Waals surface area contributed by atoms with Crippen LogP contribution in [0.25, 0.3) is 11.0 Å². The highest BCUT2D eigenvalue weighted by molar-refractivity contribution is 7.93. The summed E-state index contributed by atoms with van der Waals surface area (Å²) in [6.45, 7) is 8.62. The fourth-order valence-electron chi connectivity index (χ4n) is 11.0. The number of sulfonamides is 1. The van der Waals surface area contributed by atoms with Crippen molar-refractivity contribution >= 4 is 53.9 Å². The van der Waals surface area contributed by atoms with E-state index < -0.39 is 52.6 Å². The number of hydrogen-bond acceptors (Lipinski definition) is 15. The Labute approximate surface area is 413 Å². The highest BCUT2D eigenvalue weighted by Crippen LogP contribution is 2.54. The highest BCUT2D eigenvalue weighted by Gasteiger charge is 2.50. The van der Waals surface area contributed by atoms with Gasteiger partial charge in [-0.05, 0) is 98.8 Å². The van der Waals surface area contributed by atoms with Crippen LogP contribution in [0.4, 0.5) is 21.6 Å². The number of methoxy groups -OCH3 is 1. The maximum Gasteiger partial charge on any atom is 0.312 e. The lowest BCUT2D eigenvalue weighted by Gasteiger charge is -2.57. The van der Waals surface area contributed by atoms with E-state index in [0.29, 0.717) is 74.5 Å². The Morgan fingerprint density at radius 3 is 2.51 bits per heavy atom. The van der Waals surface area contributed by atoms with Gasteiger partial charge in [-0.15, -0.1) is 0 Å². The number of nitrogens with zero attached hydrogens (tertiary/aromatic N) is 6. The van der Waals surface area contributed by atoms with E-state index in [-0.39, 0.29) is 57.2 Å².